The number of amides is 2. The number of hydrogen-bond donors (Lipinski definition) is 3. The van der Waals surface area contributed by atoms with Crippen LogP contribution in [0, 0.1) is 0 Å². The van der Waals surface area contributed by atoms with Crippen molar-refractivity contribution in [2.24, 2.45) is 0 Å². The number of thiocarbonyl (C=S) groups is 1. The normalized spacial score (nSPS) is 10.2. The van der Waals surface area contributed by atoms with E-state index < -0.39 is 0 Å². The van der Waals surface area contributed by atoms with E-state index in [1.807, 2.05) is 43.3 Å². The molecule has 8 heteroatoms. The summed E-state index contributed by atoms with van der Waals surface area (Å²) in [6.07, 6.45) is 0.726. The van der Waals surface area contributed by atoms with Gasteiger partial charge < -0.3 is 15.4 Å². The maximum atomic E-state index is 12.9. The van der Waals surface area contributed by atoms with Crippen LogP contribution in [-0.4, -0.2) is 30.1 Å². The Balaban J connectivity index is 1.60. The van der Waals surface area contributed by atoms with Gasteiger partial charge in [-0.1, -0.05) is 46.3 Å². The van der Waals surface area contributed by atoms with Crippen LogP contribution >= 0.6 is 28.1 Å². The van der Waals surface area contributed by atoms with Gasteiger partial charge in [-0.15, -0.1) is 0 Å². The van der Waals surface area contributed by atoms with Crippen molar-refractivity contribution in [1.82, 2.24) is 10.6 Å². The fraction of sp³-hybridized carbons (Fsp3) is 0.160. The molecule has 0 unspecified atom stereocenters. The summed E-state index contributed by atoms with van der Waals surface area (Å²) in [6.45, 7) is 2.86. The van der Waals surface area contributed by atoms with Gasteiger partial charge in [0.25, 0.3) is 11.8 Å². The Morgan fingerprint density at radius 3 is 2.39 bits per heavy atom. The molecule has 0 atom stereocenters. The topological polar surface area (TPSA) is 79.5 Å². The lowest BCUT2D eigenvalue weighted by atomic mass is 10.1. The molecule has 0 aliphatic rings. The van der Waals surface area contributed by atoms with Crippen molar-refractivity contribution in [2.45, 2.75) is 13.3 Å². The van der Waals surface area contributed by atoms with Gasteiger partial charge in [-0.2, -0.15) is 0 Å². The maximum absolute atomic E-state index is 12.9. The Kier molecular flexibility index (Phi) is 8.97. The zero-order valence-electron chi connectivity index (χ0n) is 18.1. The summed E-state index contributed by atoms with van der Waals surface area (Å²) in [5.41, 5.74) is 2.73. The number of rotatable bonds is 8. The Hall–Kier alpha value is -3.23. The van der Waals surface area contributed by atoms with Gasteiger partial charge in [-0.3, -0.25) is 14.9 Å². The molecule has 6 nitrogen and oxygen atoms in total. The van der Waals surface area contributed by atoms with Crippen LogP contribution in [0.3, 0.4) is 0 Å². The third-order valence-electron chi connectivity index (χ3n) is 4.65. The van der Waals surface area contributed by atoms with E-state index in [1.165, 1.54) is 0 Å². The van der Waals surface area contributed by atoms with Gasteiger partial charge in [0, 0.05) is 28.7 Å². The lowest BCUT2D eigenvalue weighted by molar-refractivity contribution is 0.0952. The van der Waals surface area contributed by atoms with Crippen molar-refractivity contribution in [3.8, 4) is 5.75 Å². The zero-order chi connectivity index (χ0) is 23.6. The van der Waals surface area contributed by atoms with Crippen LogP contribution in [0.5, 0.6) is 5.75 Å². The first kappa shape index (κ1) is 24.4. The Labute approximate surface area is 206 Å². The highest BCUT2D eigenvalue weighted by atomic mass is 79.9. The van der Waals surface area contributed by atoms with Gasteiger partial charge in [0.1, 0.15) is 5.75 Å². The first-order valence-corrected chi connectivity index (χ1v) is 11.6. The van der Waals surface area contributed by atoms with Crippen molar-refractivity contribution < 1.29 is 14.3 Å². The van der Waals surface area contributed by atoms with Crippen LogP contribution in [0.1, 0.15) is 33.2 Å². The van der Waals surface area contributed by atoms with Crippen molar-refractivity contribution >= 4 is 50.8 Å². The predicted molar refractivity (Wildman–Crippen MR) is 138 cm³/mol. The van der Waals surface area contributed by atoms with Gasteiger partial charge in [0.2, 0.25) is 0 Å². The summed E-state index contributed by atoms with van der Waals surface area (Å²) in [5, 5.41) is 8.52. The largest absolute Gasteiger partial charge is 0.492 e. The van der Waals surface area contributed by atoms with Crippen LogP contribution in [0.4, 0.5) is 5.69 Å². The van der Waals surface area contributed by atoms with Crippen LogP contribution in [0.25, 0.3) is 0 Å². The van der Waals surface area contributed by atoms with E-state index in [0.29, 0.717) is 35.7 Å². The van der Waals surface area contributed by atoms with E-state index in [4.69, 9.17) is 17.0 Å². The average molecular weight is 526 g/mol. The molecule has 33 heavy (non-hydrogen) atoms. The number of carbonyl (C=O) groups is 2. The van der Waals surface area contributed by atoms with E-state index in [1.54, 1.807) is 36.4 Å². The van der Waals surface area contributed by atoms with Gasteiger partial charge >= 0.3 is 0 Å². The second-order valence-corrected chi connectivity index (χ2v) is 8.39. The molecule has 3 rings (SSSR count). The van der Waals surface area contributed by atoms with E-state index in [2.05, 4.69) is 31.9 Å². The van der Waals surface area contributed by atoms with E-state index in [0.717, 1.165) is 16.5 Å². The fourth-order valence-corrected chi connectivity index (χ4v) is 3.60. The molecule has 2 amide bonds. The van der Waals surface area contributed by atoms with Crippen molar-refractivity contribution in [3.63, 3.8) is 0 Å². The molecule has 0 spiro atoms. The quantitative estimate of drug-likeness (QED) is 0.362. The molecule has 0 radical (unpaired) electrons. The Bertz CT molecular complexity index is 1120. The Morgan fingerprint density at radius 1 is 0.970 bits per heavy atom. The molecule has 0 heterocycles. The lowest BCUT2D eigenvalue weighted by Gasteiger charge is -2.14. The summed E-state index contributed by atoms with van der Waals surface area (Å²) < 4.78 is 6.64. The standard InChI is InChI=1S/C25H24BrN3O3S/c1-2-27-23(30)18-8-11-20(12-9-18)28-25(33)29-24(31)21-16-19(26)10-13-22(21)32-15-14-17-6-4-3-5-7-17/h3-13,16H,2,14-15H2,1H3,(H,27,30)(H2,28,29,31,33). The monoisotopic (exact) mass is 525 g/mol. The molecule has 0 aromatic heterocycles. The molecule has 3 N–H and O–H groups in total. The molecular weight excluding hydrogens is 502 g/mol. The molecule has 0 saturated carbocycles. The van der Waals surface area contributed by atoms with E-state index in [9.17, 15) is 9.59 Å². The first-order chi connectivity index (χ1) is 16.0. The summed E-state index contributed by atoms with van der Waals surface area (Å²) >= 11 is 8.69. The minimum atomic E-state index is -0.387. The maximum Gasteiger partial charge on any atom is 0.261 e. The molecule has 0 saturated heterocycles. The smallest absolute Gasteiger partial charge is 0.261 e. The number of anilines is 1. The first-order valence-electron chi connectivity index (χ1n) is 10.4. The number of hydrogen-bond acceptors (Lipinski definition) is 4. The van der Waals surface area contributed by atoms with Crippen molar-refractivity contribution in [2.75, 3.05) is 18.5 Å². The summed E-state index contributed by atoms with van der Waals surface area (Å²) in [4.78, 5) is 24.7. The molecule has 170 valence electrons. The lowest BCUT2D eigenvalue weighted by Crippen LogP contribution is -2.34. The molecule has 0 fully saturated rings. The summed E-state index contributed by atoms with van der Waals surface area (Å²) in [6, 6.07) is 22.1. The minimum absolute atomic E-state index is 0.140. The SMILES string of the molecule is CCNC(=O)c1ccc(NC(=S)NC(=O)c2cc(Br)ccc2OCCc2ccccc2)cc1. The molecule has 0 aliphatic heterocycles. The number of nitrogens with one attached hydrogen (secondary N) is 3. The van der Waals surface area contributed by atoms with Crippen molar-refractivity contribution in [1.29, 1.82) is 0 Å². The highest BCUT2D eigenvalue weighted by molar-refractivity contribution is 9.10. The molecule has 3 aromatic rings. The molecule has 3 aromatic carbocycles. The highest BCUT2D eigenvalue weighted by Gasteiger charge is 2.15. The van der Waals surface area contributed by atoms with Crippen LogP contribution in [0.2, 0.25) is 0 Å². The number of carbonyl (C=O) groups excluding carboxylic acids is 2. The average Bonchev–Trinajstić information content (AvgIpc) is 2.81. The van der Waals surface area contributed by atoms with Crippen molar-refractivity contribution in [3.05, 3.63) is 94.0 Å². The fourth-order valence-electron chi connectivity index (χ4n) is 3.03. The van der Waals surface area contributed by atoms with Gasteiger partial charge in [0.15, 0.2) is 5.11 Å². The number of ether oxygens (including phenoxy) is 1. The van der Waals surface area contributed by atoms with Gasteiger partial charge in [-0.05, 0) is 67.2 Å². The minimum Gasteiger partial charge on any atom is -0.492 e. The third-order valence-corrected chi connectivity index (χ3v) is 5.34. The van der Waals surface area contributed by atoms with Crippen LogP contribution in [0.15, 0.2) is 77.3 Å². The highest BCUT2D eigenvalue weighted by Crippen LogP contribution is 2.23. The molecule has 0 bridgehead atoms. The summed E-state index contributed by atoms with van der Waals surface area (Å²) in [5.74, 6) is -0.0578. The second kappa shape index (κ2) is 12.1. The van der Waals surface area contributed by atoms with Gasteiger partial charge in [0.05, 0.1) is 12.2 Å². The summed E-state index contributed by atoms with van der Waals surface area (Å²) in [7, 11) is 0. The Morgan fingerprint density at radius 2 is 1.70 bits per heavy atom. The van der Waals surface area contributed by atoms with Crippen LogP contribution < -0.4 is 20.7 Å². The second-order valence-electron chi connectivity index (χ2n) is 7.07. The van der Waals surface area contributed by atoms with E-state index in [-0.39, 0.29) is 16.9 Å². The predicted octanol–water partition coefficient (Wildman–Crippen LogP) is 4.95. The van der Waals surface area contributed by atoms with Gasteiger partial charge in [-0.25, -0.2) is 0 Å². The number of benzene rings is 3. The number of halogens is 1. The molecule has 0 aliphatic carbocycles. The van der Waals surface area contributed by atoms with Crippen LogP contribution in [-0.2, 0) is 6.42 Å². The van der Waals surface area contributed by atoms with E-state index >= 15 is 0 Å². The zero-order valence-corrected chi connectivity index (χ0v) is 20.5. The third kappa shape index (κ3) is 7.40. The molecular formula is C25H24BrN3O3S.